The van der Waals surface area contributed by atoms with E-state index in [0.717, 1.165) is 6.26 Å². The topological polar surface area (TPSA) is 80.1 Å². The van der Waals surface area contributed by atoms with Crippen LogP contribution in [0.1, 0.15) is 5.56 Å². The molecule has 2 aromatic rings. The molecule has 5 nitrogen and oxygen atoms in total. The lowest BCUT2D eigenvalue weighted by molar-refractivity contribution is 0.447. The van der Waals surface area contributed by atoms with E-state index < -0.39 is 9.84 Å². The van der Waals surface area contributed by atoms with Crippen molar-refractivity contribution in [2.24, 2.45) is 0 Å². The number of sulfone groups is 1. The largest absolute Gasteiger partial charge is 0.438 e. The Kier molecular flexibility index (Phi) is 3.49. The average molecular weight is 274 g/mol. The molecule has 0 unspecified atom stereocenters. The van der Waals surface area contributed by atoms with E-state index in [-0.39, 0.29) is 10.8 Å². The molecule has 2 rings (SSSR count). The Morgan fingerprint density at radius 1 is 1.26 bits per heavy atom. The third kappa shape index (κ3) is 3.09. The number of hydrogen-bond acceptors (Lipinski definition) is 5. The van der Waals surface area contributed by atoms with Gasteiger partial charge in [0.2, 0.25) is 5.88 Å². The smallest absolute Gasteiger partial charge is 0.238 e. The van der Waals surface area contributed by atoms with Crippen LogP contribution in [0.25, 0.3) is 0 Å². The average Bonchev–Trinajstić information content (AvgIpc) is 2.38. The lowest BCUT2D eigenvalue weighted by Gasteiger charge is -2.08. The van der Waals surface area contributed by atoms with Crippen molar-refractivity contribution in [3.63, 3.8) is 0 Å². The minimum absolute atomic E-state index is 0.0000831. The lowest BCUT2D eigenvalue weighted by Crippen LogP contribution is -2.01. The van der Waals surface area contributed by atoms with E-state index in [9.17, 15) is 8.42 Å². The van der Waals surface area contributed by atoms with Gasteiger partial charge in [0.15, 0.2) is 9.84 Å². The van der Waals surface area contributed by atoms with Crippen LogP contribution in [0.3, 0.4) is 0 Å². The van der Waals surface area contributed by atoms with Crippen LogP contribution in [-0.4, -0.2) is 19.7 Å². The molecule has 0 atom stereocenters. The van der Waals surface area contributed by atoms with Crippen molar-refractivity contribution < 1.29 is 13.2 Å². The number of hydrogen-bond donors (Lipinski definition) is 0. The first-order chi connectivity index (χ1) is 9.00. The first kappa shape index (κ1) is 13.1. The quantitative estimate of drug-likeness (QED) is 0.856. The molecule has 0 bridgehead atoms. The van der Waals surface area contributed by atoms with Crippen molar-refractivity contribution in [1.29, 1.82) is 5.26 Å². The Bertz CT molecular complexity index is 748. The van der Waals surface area contributed by atoms with E-state index in [1.54, 1.807) is 18.2 Å². The predicted molar refractivity (Wildman–Crippen MR) is 68.6 cm³/mol. The molecule has 0 fully saturated rings. The van der Waals surface area contributed by atoms with Crippen LogP contribution in [0.2, 0.25) is 0 Å². The van der Waals surface area contributed by atoms with Gasteiger partial charge in [-0.2, -0.15) is 5.26 Å². The minimum atomic E-state index is -3.42. The van der Waals surface area contributed by atoms with Gasteiger partial charge in [-0.1, -0.05) is 6.07 Å². The zero-order valence-electron chi connectivity index (χ0n) is 10.1. The first-order valence-corrected chi connectivity index (χ1v) is 7.23. The third-order valence-electron chi connectivity index (χ3n) is 2.31. The third-order valence-corrected chi connectivity index (χ3v) is 3.42. The van der Waals surface area contributed by atoms with Gasteiger partial charge in [0.1, 0.15) is 10.6 Å². The highest BCUT2D eigenvalue weighted by Gasteiger charge is 2.15. The van der Waals surface area contributed by atoms with E-state index in [4.69, 9.17) is 10.00 Å². The number of pyridine rings is 1. The summed E-state index contributed by atoms with van der Waals surface area (Å²) in [6.45, 7) is 0. The summed E-state index contributed by atoms with van der Waals surface area (Å²) in [6.07, 6.45) is 2.53. The summed E-state index contributed by atoms with van der Waals surface area (Å²) in [4.78, 5) is 3.92. The van der Waals surface area contributed by atoms with Gasteiger partial charge in [-0.3, -0.25) is 0 Å². The second kappa shape index (κ2) is 5.08. The van der Waals surface area contributed by atoms with Gasteiger partial charge in [-0.05, 0) is 30.3 Å². The molecule has 0 saturated carbocycles. The maximum Gasteiger partial charge on any atom is 0.238 e. The monoisotopic (exact) mass is 274 g/mol. The number of aromatic nitrogens is 1. The highest BCUT2D eigenvalue weighted by Crippen LogP contribution is 2.26. The zero-order valence-corrected chi connectivity index (χ0v) is 10.9. The van der Waals surface area contributed by atoms with Gasteiger partial charge >= 0.3 is 0 Å². The molecular weight excluding hydrogens is 264 g/mol. The first-order valence-electron chi connectivity index (χ1n) is 5.34. The minimum Gasteiger partial charge on any atom is -0.438 e. The molecule has 0 N–H and O–H groups in total. The number of nitriles is 1. The summed E-state index contributed by atoms with van der Waals surface area (Å²) in [5.41, 5.74) is 0.425. The Balaban J connectivity index is 2.42. The van der Waals surface area contributed by atoms with Crippen molar-refractivity contribution in [3.8, 4) is 17.7 Å². The van der Waals surface area contributed by atoms with Crippen LogP contribution in [0.5, 0.6) is 11.6 Å². The fourth-order valence-corrected chi connectivity index (χ4v) is 2.21. The summed E-state index contributed by atoms with van der Waals surface area (Å²) in [7, 11) is -3.42. The van der Waals surface area contributed by atoms with Crippen LogP contribution in [0, 0.1) is 11.3 Å². The molecule has 1 aromatic heterocycles. The maximum atomic E-state index is 11.6. The molecule has 0 aliphatic rings. The second-order valence-corrected chi connectivity index (χ2v) is 5.80. The lowest BCUT2D eigenvalue weighted by atomic mass is 10.2. The molecule has 0 aliphatic heterocycles. The van der Waals surface area contributed by atoms with Crippen molar-refractivity contribution in [1.82, 2.24) is 4.98 Å². The SMILES string of the molecule is CS(=O)(=O)c1cccnc1Oc1cccc(C#N)c1. The van der Waals surface area contributed by atoms with Crippen LogP contribution in [0.4, 0.5) is 0 Å². The van der Waals surface area contributed by atoms with Crippen LogP contribution in [-0.2, 0) is 9.84 Å². The number of nitrogens with zero attached hydrogens (tertiary/aromatic N) is 2. The standard InChI is InChI=1S/C13H10N2O3S/c1-19(16,17)12-6-3-7-15-13(12)18-11-5-2-4-10(8-11)9-14/h2-8H,1H3. The molecule has 0 aliphatic carbocycles. The summed E-state index contributed by atoms with van der Waals surface area (Å²) < 4.78 is 28.6. The van der Waals surface area contributed by atoms with Gasteiger partial charge in [0.25, 0.3) is 0 Å². The zero-order chi connectivity index (χ0) is 13.9. The number of ether oxygens (including phenoxy) is 1. The van der Waals surface area contributed by atoms with E-state index in [2.05, 4.69) is 4.98 Å². The highest BCUT2D eigenvalue weighted by atomic mass is 32.2. The Hall–Kier alpha value is -2.39. The Morgan fingerprint density at radius 3 is 2.74 bits per heavy atom. The van der Waals surface area contributed by atoms with E-state index in [0.29, 0.717) is 11.3 Å². The van der Waals surface area contributed by atoms with Crippen molar-refractivity contribution in [2.45, 2.75) is 4.90 Å². The second-order valence-electron chi connectivity index (χ2n) is 3.82. The molecule has 96 valence electrons. The van der Waals surface area contributed by atoms with E-state index >= 15 is 0 Å². The fourth-order valence-electron chi connectivity index (χ4n) is 1.48. The van der Waals surface area contributed by atoms with Crippen LogP contribution < -0.4 is 4.74 Å². The van der Waals surface area contributed by atoms with Gasteiger partial charge in [-0.25, -0.2) is 13.4 Å². The Labute approximate surface area is 111 Å². The summed E-state index contributed by atoms with van der Waals surface area (Å²) in [5, 5.41) is 8.79. The molecule has 0 amide bonds. The van der Waals surface area contributed by atoms with Crippen molar-refractivity contribution in [2.75, 3.05) is 6.26 Å². The number of rotatable bonds is 3. The van der Waals surface area contributed by atoms with Gasteiger partial charge < -0.3 is 4.74 Å². The van der Waals surface area contributed by atoms with Crippen LogP contribution >= 0.6 is 0 Å². The maximum absolute atomic E-state index is 11.6. The summed E-state index contributed by atoms with van der Waals surface area (Å²) in [6, 6.07) is 11.3. The summed E-state index contributed by atoms with van der Waals surface area (Å²) in [5.74, 6) is 0.364. The van der Waals surface area contributed by atoms with Gasteiger partial charge in [-0.15, -0.1) is 0 Å². The molecular formula is C13H10N2O3S. The van der Waals surface area contributed by atoms with Gasteiger partial charge in [0.05, 0.1) is 11.6 Å². The predicted octanol–water partition coefficient (Wildman–Crippen LogP) is 2.15. The normalized spacial score (nSPS) is 10.7. The molecule has 1 heterocycles. The van der Waals surface area contributed by atoms with Gasteiger partial charge in [0, 0.05) is 12.5 Å². The van der Waals surface area contributed by atoms with E-state index in [1.165, 1.54) is 24.4 Å². The molecule has 0 radical (unpaired) electrons. The summed E-state index contributed by atoms with van der Waals surface area (Å²) >= 11 is 0. The van der Waals surface area contributed by atoms with E-state index in [1.807, 2.05) is 6.07 Å². The van der Waals surface area contributed by atoms with Crippen molar-refractivity contribution in [3.05, 3.63) is 48.2 Å². The fraction of sp³-hybridized carbons (Fsp3) is 0.0769. The van der Waals surface area contributed by atoms with Crippen LogP contribution in [0.15, 0.2) is 47.5 Å². The number of benzene rings is 1. The molecule has 0 spiro atoms. The Morgan fingerprint density at radius 2 is 2.05 bits per heavy atom. The highest BCUT2D eigenvalue weighted by molar-refractivity contribution is 7.90. The molecule has 0 saturated heterocycles. The molecule has 19 heavy (non-hydrogen) atoms. The molecule has 6 heteroatoms. The van der Waals surface area contributed by atoms with Crippen molar-refractivity contribution >= 4 is 9.84 Å². The molecule has 1 aromatic carbocycles.